The van der Waals surface area contributed by atoms with Gasteiger partial charge in [-0.2, -0.15) is 0 Å². The van der Waals surface area contributed by atoms with Crippen LogP contribution in [0.15, 0.2) is 24.4 Å². The number of hydrogen-bond acceptors (Lipinski definition) is 2. The van der Waals surface area contributed by atoms with Crippen LogP contribution in [-0.4, -0.2) is 17.6 Å². The van der Waals surface area contributed by atoms with Crippen molar-refractivity contribution in [3.8, 4) is 0 Å². The van der Waals surface area contributed by atoms with Crippen LogP contribution < -0.4 is 5.32 Å². The van der Waals surface area contributed by atoms with E-state index in [2.05, 4.69) is 29.4 Å². The molecule has 108 valence electrons. The van der Waals surface area contributed by atoms with E-state index in [-0.39, 0.29) is 0 Å². The second kappa shape index (κ2) is 5.14. The summed E-state index contributed by atoms with van der Waals surface area (Å²) >= 11 is 0. The largest absolute Gasteiger partial charge is 0.313 e. The molecule has 3 saturated carbocycles. The molecule has 0 spiro atoms. The highest BCUT2D eigenvalue weighted by atomic mass is 15.0. The minimum absolute atomic E-state index is 0.670. The second-order valence-corrected chi connectivity index (χ2v) is 7.15. The predicted octanol–water partition coefficient (Wildman–Crippen LogP) is 3.28. The van der Waals surface area contributed by atoms with Gasteiger partial charge in [0.05, 0.1) is 0 Å². The molecule has 3 fully saturated rings. The molecule has 2 nitrogen and oxygen atoms in total. The lowest BCUT2D eigenvalue weighted by molar-refractivity contribution is 0.359. The van der Waals surface area contributed by atoms with Gasteiger partial charge in [-0.3, -0.25) is 4.98 Å². The van der Waals surface area contributed by atoms with Gasteiger partial charge in [-0.15, -0.1) is 0 Å². The number of rotatable bonds is 6. The van der Waals surface area contributed by atoms with Gasteiger partial charge in [-0.1, -0.05) is 13.0 Å². The molecule has 0 aromatic carbocycles. The summed E-state index contributed by atoms with van der Waals surface area (Å²) in [4.78, 5) is 4.54. The van der Waals surface area contributed by atoms with Crippen molar-refractivity contribution in [2.24, 2.45) is 29.6 Å². The van der Waals surface area contributed by atoms with Gasteiger partial charge in [0, 0.05) is 24.4 Å². The third kappa shape index (κ3) is 2.09. The number of nitrogens with zero attached hydrogens (tertiary/aromatic N) is 1. The molecule has 20 heavy (non-hydrogen) atoms. The monoisotopic (exact) mass is 270 g/mol. The molecule has 3 aliphatic carbocycles. The van der Waals surface area contributed by atoms with Gasteiger partial charge in [0.1, 0.15) is 0 Å². The van der Waals surface area contributed by atoms with E-state index in [1.54, 1.807) is 6.42 Å². The van der Waals surface area contributed by atoms with Gasteiger partial charge in [0.25, 0.3) is 0 Å². The maximum atomic E-state index is 4.54. The van der Waals surface area contributed by atoms with Crippen molar-refractivity contribution in [2.75, 3.05) is 6.54 Å². The first-order chi connectivity index (χ1) is 9.88. The summed E-state index contributed by atoms with van der Waals surface area (Å²) < 4.78 is 0. The van der Waals surface area contributed by atoms with E-state index >= 15 is 0 Å². The van der Waals surface area contributed by atoms with Gasteiger partial charge in [0.2, 0.25) is 0 Å². The molecular weight excluding hydrogens is 244 g/mol. The van der Waals surface area contributed by atoms with Gasteiger partial charge in [-0.05, 0) is 74.0 Å². The Kier molecular flexibility index (Phi) is 3.30. The molecule has 5 atom stereocenters. The Balaban J connectivity index is 1.46. The molecule has 0 saturated heterocycles. The fraction of sp³-hybridized carbons (Fsp3) is 0.722. The Bertz CT molecular complexity index is 442. The van der Waals surface area contributed by atoms with Crippen LogP contribution in [0.3, 0.4) is 0 Å². The molecule has 3 aliphatic rings. The zero-order chi connectivity index (χ0) is 13.5. The molecule has 0 amide bonds. The molecule has 5 unspecified atom stereocenters. The molecule has 0 aliphatic heterocycles. The van der Waals surface area contributed by atoms with Crippen LogP contribution in [0.25, 0.3) is 0 Å². The SMILES string of the molecule is CCCNC(Cc1ccccn1)C1C2C3CCC(C3)C21. The highest BCUT2D eigenvalue weighted by Gasteiger charge is 2.66. The number of aromatic nitrogens is 1. The van der Waals surface area contributed by atoms with E-state index in [9.17, 15) is 0 Å². The van der Waals surface area contributed by atoms with Crippen molar-refractivity contribution in [3.05, 3.63) is 30.1 Å². The molecule has 1 aromatic rings. The first-order valence-electron chi connectivity index (χ1n) is 8.51. The summed E-state index contributed by atoms with van der Waals surface area (Å²) in [7, 11) is 0. The lowest BCUT2D eigenvalue weighted by atomic mass is 9.94. The maximum Gasteiger partial charge on any atom is 0.0419 e. The smallest absolute Gasteiger partial charge is 0.0419 e. The van der Waals surface area contributed by atoms with Crippen LogP contribution in [0.5, 0.6) is 0 Å². The Morgan fingerprint density at radius 1 is 1.25 bits per heavy atom. The van der Waals surface area contributed by atoms with Crippen LogP contribution >= 0.6 is 0 Å². The fourth-order valence-electron chi connectivity index (χ4n) is 5.35. The van der Waals surface area contributed by atoms with Gasteiger partial charge in [0.15, 0.2) is 0 Å². The average molecular weight is 270 g/mol. The molecule has 1 heterocycles. The van der Waals surface area contributed by atoms with Crippen LogP contribution in [0.4, 0.5) is 0 Å². The quantitative estimate of drug-likeness (QED) is 0.858. The van der Waals surface area contributed by atoms with E-state index in [1.807, 2.05) is 12.3 Å². The average Bonchev–Trinajstić information content (AvgIpc) is 2.91. The summed E-state index contributed by atoms with van der Waals surface area (Å²) in [5, 5.41) is 3.84. The summed E-state index contributed by atoms with van der Waals surface area (Å²) in [6.07, 6.45) is 8.88. The number of hydrogen-bond donors (Lipinski definition) is 1. The lowest BCUT2D eigenvalue weighted by Gasteiger charge is -2.21. The maximum absolute atomic E-state index is 4.54. The molecule has 1 N–H and O–H groups in total. The Morgan fingerprint density at radius 3 is 2.70 bits per heavy atom. The zero-order valence-corrected chi connectivity index (χ0v) is 12.5. The highest BCUT2D eigenvalue weighted by Crippen LogP contribution is 2.70. The van der Waals surface area contributed by atoms with Gasteiger partial charge >= 0.3 is 0 Å². The Labute approximate surface area is 122 Å². The molecule has 2 bridgehead atoms. The van der Waals surface area contributed by atoms with E-state index in [1.165, 1.54) is 25.0 Å². The summed E-state index contributed by atoms with van der Waals surface area (Å²) in [6.45, 7) is 3.42. The summed E-state index contributed by atoms with van der Waals surface area (Å²) in [6, 6.07) is 7.00. The van der Waals surface area contributed by atoms with Crippen molar-refractivity contribution < 1.29 is 0 Å². The number of nitrogens with one attached hydrogen (secondary N) is 1. The topological polar surface area (TPSA) is 24.9 Å². The number of fused-ring (bicyclic) bond motifs is 5. The number of pyridine rings is 1. The lowest BCUT2D eigenvalue weighted by Crippen LogP contribution is -2.36. The minimum atomic E-state index is 0.670. The first kappa shape index (κ1) is 12.8. The van der Waals surface area contributed by atoms with E-state index in [0.29, 0.717) is 6.04 Å². The van der Waals surface area contributed by atoms with Crippen molar-refractivity contribution in [1.29, 1.82) is 0 Å². The van der Waals surface area contributed by atoms with E-state index in [4.69, 9.17) is 0 Å². The van der Waals surface area contributed by atoms with Crippen molar-refractivity contribution in [1.82, 2.24) is 10.3 Å². The van der Waals surface area contributed by atoms with Crippen LogP contribution in [0, 0.1) is 29.6 Å². The molecule has 0 radical (unpaired) electrons. The van der Waals surface area contributed by atoms with Crippen molar-refractivity contribution in [2.45, 2.75) is 45.1 Å². The highest BCUT2D eigenvalue weighted by molar-refractivity contribution is 5.18. The van der Waals surface area contributed by atoms with Crippen LogP contribution in [0.2, 0.25) is 0 Å². The molecule has 1 aromatic heterocycles. The second-order valence-electron chi connectivity index (χ2n) is 7.15. The molecular formula is C18H26N2. The normalized spacial score (nSPS) is 38.8. The molecule has 2 heteroatoms. The predicted molar refractivity (Wildman–Crippen MR) is 81.3 cm³/mol. The molecule has 4 rings (SSSR count). The Morgan fingerprint density at radius 2 is 2.05 bits per heavy atom. The third-order valence-electron chi connectivity index (χ3n) is 6.07. The summed E-state index contributed by atoms with van der Waals surface area (Å²) in [5.74, 6) is 5.22. The van der Waals surface area contributed by atoms with Crippen molar-refractivity contribution in [3.63, 3.8) is 0 Å². The fourth-order valence-corrected chi connectivity index (χ4v) is 5.35. The van der Waals surface area contributed by atoms with Crippen molar-refractivity contribution >= 4 is 0 Å². The first-order valence-corrected chi connectivity index (χ1v) is 8.51. The minimum Gasteiger partial charge on any atom is -0.313 e. The van der Waals surface area contributed by atoms with Crippen LogP contribution in [0.1, 0.15) is 38.3 Å². The zero-order valence-electron chi connectivity index (χ0n) is 12.5. The standard InChI is InChI=1S/C18H26N2/c1-2-8-20-15(11-14-5-3-4-9-19-14)18-16-12-6-7-13(10-12)17(16)18/h3-5,9,12-13,15-18,20H,2,6-8,10-11H2,1H3. The third-order valence-corrected chi connectivity index (χ3v) is 6.07. The Hall–Kier alpha value is -0.890. The van der Waals surface area contributed by atoms with Crippen LogP contribution in [-0.2, 0) is 6.42 Å². The summed E-state index contributed by atoms with van der Waals surface area (Å²) in [5.41, 5.74) is 1.26. The van der Waals surface area contributed by atoms with Gasteiger partial charge < -0.3 is 5.32 Å². The van der Waals surface area contributed by atoms with E-state index in [0.717, 1.165) is 42.6 Å². The van der Waals surface area contributed by atoms with E-state index < -0.39 is 0 Å². The van der Waals surface area contributed by atoms with Gasteiger partial charge in [-0.25, -0.2) is 0 Å².